The van der Waals surface area contributed by atoms with E-state index in [2.05, 4.69) is 6.92 Å². The highest BCUT2D eigenvalue weighted by Gasteiger charge is 2.34. The summed E-state index contributed by atoms with van der Waals surface area (Å²) in [6.07, 6.45) is 5.97. The molecule has 0 aromatic carbocycles. The van der Waals surface area contributed by atoms with E-state index in [1.54, 1.807) is 0 Å². The molecule has 0 unspecified atom stereocenters. The van der Waals surface area contributed by atoms with E-state index in [1.165, 1.54) is 6.42 Å². The van der Waals surface area contributed by atoms with Gasteiger partial charge in [-0.15, -0.1) is 0 Å². The van der Waals surface area contributed by atoms with Gasteiger partial charge < -0.3 is 10.2 Å². The molecule has 1 aliphatic rings. The summed E-state index contributed by atoms with van der Waals surface area (Å²) in [5.74, 6) is 0.415. The monoisotopic (exact) mass is 172 g/mol. The maximum Gasteiger partial charge on any atom is 0.0674 e. The van der Waals surface area contributed by atoms with E-state index in [4.69, 9.17) is 5.11 Å². The van der Waals surface area contributed by atoms with Gasteiger partial charge >= 0.3 is 0 Å². The Balaban J connectivity index is 2.42. The minimum atomic E-state index is -0.471. The highest BCUT2D eigenvalue weighted by atomic mass is 16.3. The highest BCUT2D eigenvalue weighted by Crippen LogP contribution is 2.36. The molecule has 1 rings (SSSR count). The minimum Gasteiger partial charge on any atom is -0.396 e. The number of aliphatic hydroxyl groups is 2. The van der Waals surface area contributed by atoms with Crippen LogP contribution in [-0.2, 0) is 0 Å². The predicted octanol–water partition coefficient (Wildman–Crippen LogP) is 1.70. The van der Waals surface area contributed by atoms with Gasteiger partial charge in [0.05, 0.1) is 5.60 Å². The Labute approximate surface area is 74.6 Å². The van der Waals surface area contributed by atoms with E-state index in [9.17, 15) is 5.11 Å². The zero-order valence-corrected chi connectivity index (χ0v) is 7.92. The van der Waals surface area contributed by atoms with Crippen LogP contribution in [0.4, 0.5) is 0 Å². The number of hydrogen-bond donors (Lipinski definition) is 2. The Hall–Kier alpha value is -0.0800. The molecule has 1 fully saturated rings. The van der Waals surface area contributed by atoms with Crippen LogP contribution in [0.25, 0.3) is 0 Å². The van der Waals surface area contributed by atoms with Gasteiger partial charge in [0.2, 0.25) is 0 Å². The van der Waals surface area contributed by atoms with Crippen LogP contribution in [0, 0.1) is 5.92 Å². The van der Waals surface area contributed by atoms with Gasteiger partial charge in [0.15, 0.2) is 0 Å². The lowest BCUT2D eigenvalue weighted by molar-refractivity contribution is -0.0515. The van der Waals surface area contributed by atoms with Crippen molar-refractivity contribution >= 4 is 0 Å². The molecule has 2 heteroatoms. The third kappa shape index (κ3) is 2.20. The number of hydrogen-bond acceptors (Lipinski definition) is 2. The molecule has 12 heavy (non-hydrogen) atoms. The fraction of sp³-hybridized carbons (Fsp3) is 1.00. The Kier molecular flexibility index (Phi) is 3.53. The summed E-state index contributed by atoms with van der Waals surface area (Å²) in [6, 6.07) is 0. The first-order valence-corrected chi connectivity index (χ1v) is 5.02. The van der Waals surface area contributed by atoms with Crippen molar-refractivity contribution in [3.05, 3.63) is 0 Å². The lowest BCUT2D eigenvalue weighted by Gasteiger charge is -2.38. The molecule has 0 amide bonds. The van der Waals surface area contributed by atoms with Gasteiger partial charge in [-0.1, -0.05) is 19.8 Å². The molecule has 72 valence electrons. The van der Waals surface area contributed by atoms with E-state index in [0.717, 1.165) is 32.1 Å². The van der Waals surface area contributed by atoms with Gasteiger partial charge in [0.25, 0.3) is 0 Å². The van der Waals surface area contributed by atoms with Crippen LogP contribution in [0.2, 0.25) is 0 Å². The molecule has 2 N–H and O–H groups in total. The minimum absolute atomic E-state index is 0.203. The van der Waals surface area contributed by atoms with Crippen LogP contribution in [0.5, 0.6) is 0 Å². The van der Waals surface area contributed by atoms with Gasteiger partial charge in [-0.05, 0) is 31.6 Å². The normalized spacial score (nSPS) is 36.8. The first-order chi connectivity index (χ1) is 5.69. The second-order valence-corrected chi connectivity index (χ2v) is 4.08. The van der Waals surface area contributed by atoms with E-state index >= 15 is 0 Å². The van der Waals surface area contributed by atoms with Crippen molar-refractivity contribution in [1.82, 2.24) is 0 Å². The third-order valence-corrected chi connectivity index (χ3v) is 3.18. The van der Waals surface area contributed by atoms with E-state index in [-0.39, 0.29) is 6.61 Å². The molecule has 0 aromatic rings. The molecule has 0 aromatic heterocycles. The van der Waals surface area contributed by atoms with Crippen LogP contribution < -0.4 is 0 Å². The molecule has 2 atom stereocenters. The highest BCUT2D eigenvalue weighted by molar-refractivity contribution is 4.87. The smallest absolute Gasteiger partial charge is 0.0674 e. The van der Waals surface area contributed by atoms with Crippen LogP contribution in [0.15, 0.2) is 0 Å². The van der Waals surface area contributed by atoms with Gasteiger partial charge in [0.1, 0.15) is 0 Å². The molecule has 0 aliphatic heterocycles. The van der Waals surface area contributed by atoms with E-state index < -0.39 is 5.60 Å². The summed E-state index contributed by atoms with van der Waals surface area (Å²) < 4.78 is 0. The standard InChI is InChI=1S/C10H20O2/c1-9-5-2-3-6-10(9,12)7-4-8-11/h9,11-12H,2-8H2,1H3/t9-,10+/m0/s1. The Morgan fingerprint density at radius 2 is 2.17 bits per heavy atom. The maximum absolute atomic E-state index is 10.2. The molecule has 2 nitrogen and oxygen atoms in total. The first kappa shape index (κ1) is 10.0. The molecule has 0 radical (unpaired) electrons. The SMILES string of the molecule is C[C@H]1CCCC[C@@]1(O)CCCO. The summed E-state index contributed by atoms with van der Waals surface area (Å²) in [4.78, 5) is 0. The molecule has 0 saturated heterocycles. The van der Waals surface area contributed by atoms with Crippen molar-refractivity contribution in [2.45, 2.75) is 51.0 Å². The third-order valence-electron chi connectivity index (χ3n) is 3.18. The Morgan fingerprint density at radius 1 is 1.42 bits per heavy atom. The summed E-state index contributed by atoms with van der Waals surface area (Å²) in [6.45, 7) is 2.32. The topological polar surface area (TPSA) is 40.5 Å². The predicted molar refractivity (Wildman–Crippen MR) is 48.9 cm³/mol. The zero-order chi connectivity index (χ0) is 9.03. The molecule has 1 saturated carbocycles. The van der Waals surface area contributed by atoms with Crippen LogP contribution in [0.1, 0.15) is 45.4 Å². The molecule has 1 aliphatic carbocycles. The average molecular weight is 172 g/mol. The quantitative estimate of drug-likeness (QED) is 0.680. The zero-order valence-electron chi connectivity index (χ0n) is 7.92. The van der Waals surface area contributed by atoms with Crippen LogP contribution >= 0.6 is 0 Å². The number of aliphatic hydroxyl groups excluding tert-OH is 1. The van der Waals surface area contributed by atoms with Crippen molar-refractivity contribution < 1.29 is 10.2 Å². The largest absolute Gasteiger partial charge is 0.396 e. The molecular formula is C10H20O2. The maximum atomic E-state index is 10.2. The van der Waals surface area contributed by atoms with Gasteiger partial charge in [-0.25, -0.2) is 0 Å². The van der Waals surface area contributed by atoms with Crippen LogP contribution in [-0.4, -0.2) is 22.4 Å². The summed E-state index contributed by atoms with van der Waals surface area (Å²) in [7, 11) is 0. The fourth-order valence-electron chi connectivity index (χ4n) is 2.15. The van der Waals surface area contributed by atoms with Crippen molar-refractivity contribution in [2.24, 2.45) is 5.92 Å². The van der Waals surface area contributed by atoms with Gasteiger partial charge in [0, 0.05) is 6.61 Å². The summed E-state index contributed by atoms with van der Waals surface area (Å²) in [5, 5.41) is 18.8. The molecule has 0 bridgehead atoms. The van der Waals surface area contributed by atoms with Gasteiger partial charge in [-0.3, -0.25) is 0 Å². The lowest BCUT2D eigenvalue weighted by atomic mass is 9.74. The summed E-state index contributed by atoms with van der Waals surface area (Å²) >= 11 is 0. The van der Waals surface area contributed by atoms with Crippen molar-refractivity contribution in [1.29, 1.82) is 0 Å². The lowest BCUT2D eigenvalue weighted by Crippen LogP contribution is -2.39. The first-order valence-electron chi connectivity index (χ1n) is 5.02. The molecule has 0 spiro atoms. The second kappa shape index (κ2) is 4.24. The fourth-order valence-corrected chi connectivity index (χ4v) is 2.15. The van der Waals surface area contributed by atoms with Crippen molar-refractivity contribution in [2.75, 3.05) is 6.61 Å². The Morgan fingerprint density at radius 3 is 2.75 bits per heavy atom. The average Bonchev–Trinajstić information content (AvgIpc) is 2.07. The van der Waals surface area contributed by atoms with Crippen LogP contribution in [0.3, 0.4) is 0 Å². The van der Waals surface area contributed by atoms with E-state index in [1.807, 2.05) is 0 Å². The van der Waals surface area contributed by atoms with E-state index in [0.29, 0.717) is 5.92 Å². The Bertz CT molecular complexity index is 136. The number of rotatable bonds is 3. The molecule has 0 heterocycles. The van der Waals surface area contributed by atoms with Gasteiger partial charge in [-0.2, -0.15) is 0 Å². The molecular weight excluding hydrogens is 152 g/mol. The second-order valence-electron chi connectivity index (χ2n) is 4.08. The summed E-state index contributed by atoms with van der Waals surface area (Å²) in [5.41, 5.74) is -0.471. The van der Waals surface area contributed by atoms with Crippen molar-refractivity contribution in [3.63, 3.8) is 0 Å². The van der Waals surface area contributed by atoms with Crippen molar-refractivity contribution in [3.8, 4) is 0 Å².